The van der Waals surface area contributed by atoms with E-state index in [1.165, 1.54) is 15.6 Å². The molecule has 2 aromatic rings. The molecule has 0 spiro atoms. The summed E-state index contributed by atoms with van der Waals surface area (Å²) in [6.45, 7) is 3.03. The van der Waals surface area contributed by atoms with Gasteiger partial charge in [-0.15, -0.1) is 0 Å². The zero-order valence-corrected chi connectivity index (χ0v) is 12.9. The Bertz CT molecular complexity index is 566. The van der Waals surface area contributed by atoms with Crippen molar-refractivity contribution in [1.29, 1.82) is 0 Å². The molecule has 0 aliphatic carbocycles. The fourth-order valence-electron chi connectivity index (χ4n) is 2.09. The molecule has 0 fully saturated rings. The lowest BCUT2D eigenvalue weighted by atomic mass is 10.1. The summed E-state index contributed by atoms with van der Waals surface area (Å²) in [5.41, 5.74) is 10.5. The van der Waals surface area contributed by atoms with Crippen molar-refractivity contribution >= 4 is 27.3 Å². The van der Waals surface area contributed by atoms with E-state index in [9.17, 15) is 0 Å². The number of nitrogens with two attached hydrogens (primary N) is 1. The first-order valence-corrected chi connectivity index (χ1v) is 7.18. The van der Waals surface area contributed by atoms with Crippen LogP contribution < -0.4 is 10.6 Å². The minimum absolute atomic E-state index is 0.834. The van der Waals surface area contributed by atoms with Crippen LogP contribution in [-0.4, -0.2) is 13.6 Å². The van der Waals surface area contributed by atoms with Gasteiger partial charge in [0.2, 0.25) is 0 Å². The van der Waals surface area contributed by atoms with Crippen molar-refractivity contribution in [2.24, 2.45) is 0 Å². The van der Waals surface area contributed by atoms with E-state index in [1.54, 1.807) is 0 Å². The Labute approximate surface area is 123 Å². The number of nitrogen functional groups attached to an aromatic ring is 1. The van der Waals surface area contributed by atoms with Crippen molar-refractivity contribution in [2.75, 3.05) is 24.2 Å². The summed E-state index contributed by atoms with van der Waals surface area (Å²) in [6, 6.07) is 14.5. The van der Waals surface area contributed by atoms with Gasteiger partial charge in [0.25, 0.3) is 0 Å². The van der Waals surface area contributed by atoms with Crippen LogP contribution in [0.1, 0.15) is 11.1 Å². The fraction of sp³-hybridized carbons (Fsp3) is 0.250. The third kappa shape index (κ3) is 3.51. The van der Waals surface area contributed by atoms with Crippen LogP contribution in [0, 0.1) is 6.92 Å². The van der Waals surface area contributed by atoms with E-state index in [4.69, 9.17) is 5.73 Å². The Morgan fingerprint density at radius 3 is 2.63 bits per heavy atom. The van der Waals surface area contributed by atoms with Gasteiger partial charge in [0.1, 0.15) is 0 Å². The number of rotatable bonds is 4. The third-order valence-electron chi connectivity index (χ3n) is 3.27. The lowest BCUT2D eigenvalue weighted by Gasteiger charge is -2.22. The van der Waals surface area contributed by atoms with Gasteiger partial charge in [0, 0.05) is 18.1 Å². The highest BCUT2D eigenvalue weighted by Gasteiger charge is 2.06. The molecule has 2 N–H and O–H groups in total. The van der Waals surface area contributed by atoms with Crippen LogP contribution in [0.25, 0.3) is 0 Å². The molecule has 2 aromatic carbocycles. The molecule has 2 nitrogen and oxygen atoms in total. The van der Waals surface area contributed by atoms with Crippen molar-refractivity contribution in [3.63, 3.8) is 0 Å². The summed E-state index contributed by atoms with van der Waals surface area (Å²) < 4.78 is 1.17. The molecule has 0 saturated carbocycles. The number of aryl methyl sites for hydroxylation is 1. The van der Waals surface area contributed by atoms with E-state index >= 15 is 0 Å². The molecule has 0 unspecified atom stereocenters. The van der Waals surface area contributed by atoms with Gasteiger partial charge in [-0.05, 0) is 42.7 Å². The second-order valence-electron chi connectivity index (χ2n) is 4.83. The molecular weight excluding hydrogens is 300 g/mol. The number of hydrogen-bond acceptors (Lipinski definition) is 2. The van der Waals surface area contributed by atoms with Crippen molar-refractivity contribution in [1.82, 2.24) is 0 Å². The Kier molecular flexibility index (Phi) is 4.48. The zero-order chi connectivity index (χ0) is 13.8. The quantitative estimate of drug-likeness (QED) is 0.863. The van der Waals surface area contributed by atoms with Crippen LogP contribution in [0.3, 0.4) is 0 Å². The number of hydrogen-bond donors (Lipinski definition) is 1. The first-order valence-electron chi connectivity index (χ1n) is 6.38. The number of anilines is 2. The smallest absolute Gasteiger partial charge is 0.0600 e. The van der Waals surface area contributed by atoms with E-state index in [0.29, 0.717) is 0 Å². The van der Waals surface area contributed by atoms with Gasteiger partial charge < -0.3 is 10.6 Å². The molecule has 0 amide bonds. The Balaban J connectivity index is 2.07. The second kappa shape index (κ2) is 6.11. The minimum atomic E-state index is 0.834. The lowest BCUT2D eigenvalue weighted by molar-refractivity contribution is 0.874. The normalized spacial score (nSPS) is 10.5. The molecule has 0 aliphatic heterocycles. The van der Waals surface area contributed by atoms with Crippen LogP contribution >= 0.6 is 15.9 Å². The fourth-order valence-corrected chi connectivity index (χ4v) is 2.58. The lowest BCUT2D eigenvalue weighted by Crippen LogP contribution is -2.21. The monoisotopic (exact) mass is 318 g/mol. The molecule has 0 heterocycles. The molecule has 0 atom stereocenters. The van der Waals surface area contributed by atoms with E-state index in [2.05, 4.69) is 59.1 Å². The molecule has 2 rings (SSSR count). The highest BCUT2D eigenvalue weighted by Crippen LogP contribution is 2.24. The summed E-state index contributed by atoms with van der Waals surface area (Å²) in [7, 11) is 2.09. The first kappa shape index (κ1) is 13.9. The maximum absolute atomic E-state index is 6.04. The number of nitrogens with zero attached hydrogens (tertiary/aromatic N) is 1. The molecule has 3 heteroatoms. The van der Waals surface area contributed by atoms with Gasteiger partial charge >= 0.3 is 0 Å². The van der Waals surface area contributed by atoms with Crippen molar-refractivity contribution in [2.45, 2.75) is 13.3 Å². The Morgan fingerprint density at radius 1 is 1.16 bits per heavy atom. The van der Waals surface area contributed by atoms with Gasteiger partial charge in [-0.2, -0.15) is 0 Å². The van der Waals surface area contributed by atoms with Crippen LogP contribution in [0.2, 0.25) is 0 Å². The molecule has 0 bridgehead atoms. The number of likely N-dealkylation sites (N-methyl/N-ethyl adjacent to an activating group) is 1. The molecule has 0 radical (unpaired) electrons. The predicted octanol–water partition coefficient (Wildman–Crippen LogP) is 4.02. The average molecular weight is 319 g/mol. The van der Waals surface area contributed by atoms with Crippen LogP contribution in [0.15, 0.2) is 46.9 Å². The predicted molar refractivity (Wildman–Crippen MR) is 86.7 cm³/mol. The minimum Gasteiger partial charge on any atom is -0.397 e. The Hall–Kier alpha value is -1.48. The summed E-state index contributed by atoms with van der Waals surface area (Å²) in [5, 5.41) is 0. The second-order valence-corrected chi connectivity index (χ2v) is 5.68. The van der Waals surface area contributed by atoms with Crippen LogP contribution in [-0.2, 0) is 6.42 Å². The van der Waals surface area contributed by atoms with Gasteiger partial charge in [0.05, 0.1) is 11.4 Å². The van der Waals surface area contributed by atoms with E-state index in [0.717, 1.165) is 24.3 Å². The number of benzene rings is 2. The molecule has 0 saturated heterocycles. The van der Waals surface area contributed by atoms with Crippen molar-refractivity contribution in [3.8, 4) is 0 Å². The maximum atomic E-state index is 6.04. The summed E-state index contributed by atoms with van der Waals surface area (Å²) >= 11 is 3.59. The molecule has 19 heavy (non-hydrogen) atoms. The van der Waals surface area contributed by atoms with Crippen LogP contribution in [0.4, 0.5) is 11.4 Å². The third-order valence-corrected chi connectivity index (χ3v) is 4.05. The zero-order valence-electron chi connectivity index (χ0n) is 11.4. The molecule has 100 valence electrons. The standard InChI is InChI=1S/C16H19BrN2/c1-12-7-8-15(18)16(11-12)19(2)10-9-13-5-3-4-6-14(13)17/h3-8,11H,9-10,18H2,1-2H3. The van der Waals surface area contributed by atoms with Gasteiger partial charge in [-0.1, -0.05) is 40.2 Å². The SMILES string of the molecule is Cc1ccc(N)c(N(C)CCc2ccccc2Br)c1. The maximum Gasteiger partial charge on any atom is 0.0600 e. The average Bonchev–Trinajstić information content (AvgIpc) is 2.40. The van der Waals surface area contributed by atoms with Crippen molar-refractivity contribution < 1.29 is 0 Å². The topological polar surface area (TPSA) is 29.3 Å². The summed E-state index contributed by atoms with van der Waals surface area (Å²) in [5.74, 6) is 0. The van der Waals surface area contributed by atoms with Gasteiger partial charge in [-0.3, -0.25) is 0 Å². The first-order chi connectivity index (χ1) is 9.08. The van der Waals surface area contributed by atoms with E-state index in [1.807, 2.05) is 18.2 Å². The highest BCUT2D eigenvalue weighted by molar-refractivity contribution is 9.10. The van der Waals surface area contributed by atoms with E-state index in [-0.39, 0.29) is 0 Å². The van der Waals surface area contributed by atoms with Crippen molar-refractivity contribution in [3.05, 3.63) is 58.1 Å². The van der Waals surface area contributed by atoms with Gasteiger partial charge in [0.15, 0.2) is 0 Å². The highest BCUT2D eigenvalue weighted by atomic mass is 79.9. The van der Waals surface area contributed by atoms with E-state index < -0.39 is 0 Å². The van der Waals surface area contributed by atoms with Gasteiger partial charge in [-0.25, -0.2) is 0 Å². The summed E-state index contributed by atoms with van der Waals surface area (Å²) in [4.78, 5) is 2.21. The Morgan fingerprint density at radius 2 is 1.89 bits per heavy atom. The molecular formula is C16H19BrN2. The molecule has 0 aromatic heterocycles. The number of halogens is 1. The summed E-state index contributed by atoms with van der Waals surface area (Å²) in [6.07, 6.45) is 0.991. The molecule has 0 aliphatic rings. The largest absolute Gasteiger partial charge is 0.397 e. The van der Waals surface area contributed by atoms with Crippen LogP contribution in [0.5, 0.6) is 0 Å².